The van der Waals surface area contributed by atoms with Crippen molar-refractivity contribution in [1.29, 1.82) is 0 Å². The first-order chi connectivity index (χ1) is 2.00. The van der Waals surface area contributed by atoms with Crippen LogP contribution in [-0.2, 0) is 0 Å². The van der Waals surface area contributed by atoms with Crippen LogP contribution in [0.25, 0.3) is 0 Å². The molecule has 0 nitrogen and oxygen atoms in total. The van der Waals surface area contributed by atoms with Gasteiger partial charge < -0.3 is 0 Å². The average Bonchev–Trinajstić information content (AvgIpc) is 0.722. The zero-order chi connectivity index (χ0) is 4.50. The minimum atomic E-state index is -5.50. The van der Waals surface area contributed by atoms with Gasteiger partial charge in [-0.25, -0.2) is 0 Å². The van der Waals surface area contributed by atoms with Crippen LogP contribution in [0.15, 0.2) is 0 Å². The monoisotopic (exact) mass is 168 g/mol. The minimum Gasteiger partial charge on any atom is -0.269 e. The number of rotatable bonds is 0. The van der Waals surface area contributed by atoms with E-state index in [1.165, 1.54) is 0 Å². The van der Waals surface area contributed by atoms with Crippen molar-refractivity contribution in [3.05, 3.63) is 0 Å². The van der Waals surface area contributed by atoms with Crippen molar-refractivity contribution in [2.45, 2.75) is 6.43 Å². The van der Waals surface area contributed by atoms with Gasteiger partial charge in [-0.15, -0.1) is 17.6 Å². The van der Waals surface area contributed by atoms with Gasteiger partial charge >= 0.3 is 6.43 Å². The molecule has 0 atom stereocenters. The third-order valence-electron chi connectivity index (χ3n) is 0. The maximum absolute atomic E-state index is 9.69. The molecule has 0 aliphatic carbocycles. The Morgan fingerprint density at radius 3 is 0.556 bits per heavy atom. The van der Waals surface area contributed by atoms with E-state index in [-0.39, 0.29) is 18.8 Å². The van der Waals surface area contributed by atoms with Crippen LogP contribution >= 0.6 is 0 Å². The van der Waals surface area contributed by atoms with Crippen LogP contribution in [0.1, 0.15) is 0 Å². The topological polar surface area (TPSA) is 0 Å². The number of alkyl halides is 4. The molecule has 0 radical (unpaired) electrons. The minimum absolute atomic E-state index is 0. The van der Waals surface area contributed by atoms with Crippen molar-refractivity contribution in [3.8, 4) is 0 Å². The lowest BCUT2D eigenvalue weighted by Gasteiger charge is -1.82. The summed E-state index contributed by atoms with van der Waals surface area (Å²) in [4.78, 5) is 0. The molecule has 0 heterocycles. The molecule has 0 aliphatic rings. The zero-order valence-corrected chi connectivity index (χ0v) is 3.64. The van der Waals surface area contributed by atoms with E-state index in [4.69, 9.17) is 0 Å². The molecule has 0 aromatic rings. The highest BCUT2D eigenvalue weighted by Gasteiger charge is 2.24. The van der Waals surface area contributed by atoms with Crippen molar-refractivity contribution >= 4 is 0 Å². The molecule has 8 heteroatoms. The lowest BCUT2D eigenvalue weighted by molar-refractivity contribution is -0.237. The van der Waals surface area contributed by atoms with E-state index in [1.54, 1.807) is 0 Å². The van der Waals surface area contributed by atoms with E-state index in [0.29, 0.717) is 0 Å². The van der Waals surface area contributed by atoms with Crippen molar-refractivity contribution in [2.24, 2.45) is 0 Å². The quantitative estimate of drug-likeness (QED) is 0.485. The second-order valence-corrected chi connectivity index (χ2v) is 0.429. The van der Waals surface area contributed by atoms with Gasteiger partial charge in [0.2, 0.25) is 0 Å². The van der Waals surface area contributed by atoms with Crippen LogP contribution < -0.4 is 0 Å². The Bertz CT molecular complexity index is 20.0. The predicted octanol–water partition coefficient (Wildman–Crippen LogP) is 2.09. The fraction of sp³-hybridized carbons (Fsp3) is 1.00. The van der Waals surface area contributed by atoms with Crippen LogP contribution in [0.4, 0.5) is 36.4 Å². The normalized spacial score (nSPS) is 6.67. The lowest BCUT2D eigenvalue weighted by Crippen LogP contribution is -1.92. The molecule has 0 amide bonds. The molecular formula is CH4F8. The Kier molecular flexibility index (Phi) is 45.7. The standard InChI is InChI=1S/CF4.4FH/c2-1(3,4)5;;;;/h;4*1H. The molecule has 0 spiro atoms. The Hall–Kier alpha value is -0.560. The third-order valence-corrected chi connectivity index (χ3v) is 0. The van der Waals surface area contributed by atoms with Crippen LogP contribution in [-0.4, -0.2) is 6.43 Å². The first kappa shape index (κ1) is 39.5. The molecule has 0 aromatic heterocycles. The first-order valence-corrected chi connectivity index (χ1v) is 0.756. The van der Waals surface area contributed by atoms with Gasteiger partial charge in [-0.3, -0.25) is 18.8 Å². The Morgan fingerprint density at radius 2 is 0.556 bits per heavy atom. The predicted molar refractivity (Wildman–Crippen MR) is 17.2 cm³/mol. The molecule has 0 bridgehead atoms. The van der Waals surface area contributed by atoms with Gasteiger partial charge in [0.15, 0.2) is 0 Å². The maximum atomic E-state index is 9.69. The summed E-state index contributed by atoms with van der Waals surface area (Å²) in [5.41, 5.74) is 0. The van der Waals surface area contributed by atoms with Crippen molar-refractivity contribution in [2.75, 3.05) is 0 Å². The highest BCUT2D eigenvalue weighted by Crippen LogP contribution is 2.13. The summed E-state index contributed by atoms with van der Waals surface area (Å²) in [7, 11) is 0. The fourth-order valence-corrected chi connectivity index (χ4v) is 0. The Labute approximate surface area is 44.3 Å². The first-order valence-electron chi connectivity index (χ1n) is 0.756. The van der Waals surface area contributed by atoms with Crippen LogP contribution in [0, 0.1) is 0 Å². The highest BCUT2D eigenvalue weighted by molar-refractivity contribution is 4.08. The summed E-state index contributed by atoms with van der Waals surface area (Å²) >= 11 is 0. The van der Waals surface area contributed by atoms with Crippen LogP contribution in [0.2, 0.25) is 0 Å². The molecule has 64 valence electrons. The van der Waals surface area contributed by atoms with Gasteiger partial charge in [0.05, 0.1) is 0 Å². The van der Waals surface area contributed by atoms with Gasteiger partial charge in [0, 0.05) is 0 Å². The summed E-state index contributed by atoms with van der Waals surface area (Å²) in [5, 5.41) is 0. The smallest absolute Gasteiger partial charge is 0.269 e. The van der Waals surface area contributed by atoms with E-state index in [1.807, 2.05) is 0 Å². The molecule has 9 heavy (non-hydrogen) atoms. The molecule has 0 unspecified atom stereocenters. The molecule has 0 aliphatic heterocycles. The van der Waals surface area contributed by atoms with E-state index < -0.39 is 6.43 Å². The van der Waals surface area contributed by atoms with Gasteiger partial charge in [0.25, 0.3) is 0 Å². The number of halogens is 8. The maximum Gasteiger partial charge on any atom is 0.559 e. The van der Waals surface area contributed by atoms with Crippen LogP contribution in [0.5, 0.6) is 0 Å². The molecular weight excluding hydrogens is 164 g/mol. The van der Waals surface area contributed by atoms with E-state index >= 15 is 0 Å². The second-order valence-electron chi connectivity index (χ2n) is 0.429. The fourth-order valence-electron chi connectivity index (χ4n) is 0. The summed E-state index contributed by atoms with van der Waals surface area (Å²) in [5.74, 6) is 0. The molecule has 0 rings (SSSR count). The van der Waals surface area contributed by atoms with Crippen LogP contribution in [0.3, 0.4) is 0 Å². The van der Waals surface area contributed by atoms with E-state index in [0.717, 1.165) is 0 Å². The Morgan fingerprint density at radius 1 is 0.556 bits per heavy atom. The zero-order valence-electron chi connectivity index (χ0n) is 3.64. The molecule has 0 aromatic carbocycles. The van der Waals surface area contributed by atoms with Gasteiger partial charge in [-0.2, -0.15) is 0 Å². The SMILES string of the molecule is F.F.F.F.FC(F)(F)F. The molecule has 0 saturated heterocycles. The Balaban J connectivity index is -0.0000000133. The largest absolute Gasteiger partial charge is 0.559 e. The van der Waals surface area contributed by atoms with Gasteiger partial charge in [-0.1, -0.05) is 0 Å². The number of hydrogen-bond acceptors (Lipinski definition) is 0. The van der Waals surface area contributed by atoms with E-state index in [2.05, 4.69) is 0 Å². The summed E-state index contributed by atoms with van der Waals surface area (Å²) < 4.78 is 38.8. The molecule has 0 saturated carbocycles. The van der Waals surface area contributed by atoms with Gasteiger partial charge in [0.1, 0.15) is 0 Å². The lowest BCUT2D eigenvalue weighted by atomic mass is 11.5. The summed E-state index contributed by atoms with van der Waals surface area (Å²) in [6.07, 6.45) is -5.50. The third kappa shape index (κ3) is 702. The second kappa shape index (κ2) is 10.4. The molecule has 0 N–H and O–H groups in total. The summed E-state index contributed by atoms with van der Waals surface area (Å²) in [6.45, 7) is 0. The van der Waals surface area contributed by atoms with Crippen molar-refractivity contribution in [3.63, 3.8) is 0 Å². The molecule has 0 fully saturated rings. The highest BCUT2D eigenvalue weighted by atomic mass is 19.5. The summed E-state index contributed by atoms with van der Waals surface area (Å²) in [6, 6.07) is 0. The van der Waals surface area contributed by atoms with Crippen molar-refractivity contribution in [1.82, 2.24) is 0 Å². The number of hydrogen-bond donors (Lipinski definition) is 0. The average molecular weight is 168 g/mol. The van der Waals surface area contributed by atoms with E-state index in [9.17, 15) is 17.6 Å². The van der Waals surface area contributed by atoms with Gasteiger partial charge in [-0.05, 0) is 0 Å². The van der Waals surface area contributed by atoms with Crippen molar-refractivity contribution < 1.29 is 36.4 Å².